The van der Waals surface area contributed by atoms with Gasteiger partial charge < -0.3 is 20.5 Å². The minimum Gasteiger partial charge on any atom is -0.467 e. The lowest BCUT2D eigenvalue weighted by atomic mass is 10.3. The van der Waals surface area contributed by atoms with E-state index in [2.05, 4.69) is 9.47 Å². The summed E-state index contributed by atoms with van der Waals surface area (Å²) in [6.45, 7) is -1.07. The number of rotatable bonds is 5. The molecule has 0 aromatic heterocycles. The average Bonchev–Trinajstić information content (AvgIpc) is 2.23. The molecule has 0 bridgehead atoms. The van der Waals surface area contributed by atoms with Gasteiger partial charge in [0.05, 0.1) is 13.5 Å². The Morgan fingerprint density at radius 2 is 2.00 bits per heavy atom. The zero-order chi connectivity index (χ0) is 13.5. The van der Waals surface area contributed by atoms with E-state index >= 15 is 0 Å². The van der Waals surface area contributed by atoms with Gasteiger partial charge in [-0.3, -0.25) is 0 Å². The van der Waals surface area contributed by atoms with E-state index in [1.807, 2.05) is 5.32 Å². The van der Waals surface area contributed by atoms with Crippen molar-refractivity contribution in [1.82, 2.24) is 5.32 Å². The van der Waals surface area contributed by atoms with Crippen LogP contribution in [0.4, 0.5) is 18.0 Å². The molecule has 0 spiro atoms. The van der Waals surface area contributed by atoms with Gasteiger partial charge in [-0.05, 0) is 0 Å². The van der Waals surface area contributed by atoms with Gasteiger partial charge in [0.25, 0.3) is 0 Å². The predicted molar refractivity (Wildman–Crippen MR) is 50.0 cm³/mol. The van der Waals surface area contributed by atoms with Crippen molar-refractivity contribution < 1.29 is 32.2 Å². The second-order valence-electron chi connectivity index (χ2n) is 2.96. The molecular formula is C8H13F3N2O4. The number of alkyl carbamates (subject to hydrolysis) is 1. The summed E-state index contributed by atoms with van der Waals surface area (Å²) in [6, 6.07) is -1.14. The summed E-state index contributed by atoms with van der Waals surface area (Å²) < 4.78 is 43.6. The molecule has 0 aliphatic heterocycles. The monoisotopic (exact) mass is 258 g/mol. The molecule has 0 aromatic rings. The van der Waals surface area contributed by atoms with Crippen molar-refractivity contribution in [2.24, 2.45) is 5.73 Å². The highest BCUT2D eigenvalue weighted by Crippen LogP contribution is 2.18. The van der Waals surface area contributed by atoms with E-state index in [0.717, 1.165) is 7.11 Å². The van der Waals surface area contributed by atoms with Crippen LogP contribution in [-0.4, -0.2) is 44.5 Å². The third-order valence-corrected chi connectivity index (χ3v) is 1.63. The zero-order valence-electron chi connectivity index (χ0n) is 9.04. The van der Waals surface area contributed by atoms with Crippen LogP contribution in [0.3, 0.4) is 0 Å². The van der Waals surface area contributed by atoms with Crippen LogP contribution >= 0.6 is 0 Å². The van der Waals surface area contributed by atoms with E-state index in [0.29, 0.717) is 0 Å². The molecule has 6 nitrogen and oxygen atoms in total. The van der Waals surface area contributed by atoms with Gasteiger partial charge in [0.2, 0.25) is 0 Å². The van der Waals surface area contributed by atoms with E-state index in [-0.39, 0.29) is 6.54 Å². The fourth-order valence-corrected chi connectivity index (χ4v) is 0.800. The third kappa shape index (κ3) is 7.39. The number of hydrogen-bond acceptors (Lipinski definition) is 5. The van der Waals surface area contributed by atoms with Crippen molar-refractivity contribution in [2.45, 2.75) is 18.6 Å². The molecule has 0 rings (SSSR count). The molecule has 3 N–H and O–H groups in total. The Morgan fingerprint density at radius 1 is 1.41 bits per heavy atom. The number of carbonyl (C=O) groups excluding carboxylic acids is 2. The highest BCUT2D eigenvalue weighted by Gasteiger charge is 2.28. The van der Waals surface area contributed by atoms with Gasteiger partial charge >= 0.3 is 18.2 Å². The van der Waals surface area contributed by atoms with Crippen molar-refractivity contribution >= 4 is 12.1 Å². The normalized spacial score (nSPS) is 12.8. The summed E-state index contributed by atoms with van der Waals surface area (Å²) in [5.74, 6) is -0.805. The summed E-state index contributed by atoms with van der Waals surface area (Å²) in [4.78, 5) is 21.9. The quantitative estimate of drug-likeness (QED) is 0.686. The molecule has 0 aliphatic rings. The van der Waals surface area contributed by atoms with Crippen LogP contribution in [0.25, 0.3) is 0 Å². The van der Waals surface area contributed by atoms with Crippen LogP contribution in [0.2, 0.25) is 0 Å². The first-order chi connectivity index (χ1) is 7.80. The van der Waals surface area contributed by atoms with Crippen molar-refractivity contribution in [2.75, 3.05) is 20.3 Å². The van der Waals surface area contributed by atoms with E-state index in [4.69, 9.17) is 5.73 Å². The molecule has 0 aromatic carbocycles. The lowest BCUT2D eigenvalue weighted by Crippen LogP contribution is -2.46. The molecule has 0 saturated carbocycles. The Bertz CT molecular complexity index is 270. The molecule has 0 saturated heterocycles. The second kappa shape index (κ2) is 6.94. The number of amides is 1. The molecule has 17 heavy (non-hydrogen) atoms. The van der Waals surface area contributed by atoms with Crippen LogP contribution in [-0.2, 0) is 14.3 Å². The molecule has 0 aliphatic carbocycles. The summed E-state index contributed by atoms with van der Waals surface area (Å²) in [7, 11) is 1.08. The second-order valence-corrected chi connectivity index (χ2v) is 2.96. The molecule has 9 heteroatoms. The number of carbonyl (C=O) groups is 2. The van der Waals surface area contributed by atoms with Crippen LogP contribution < -0.4 is 11.1 Å². The number of hydrogen-bond donors (Lipinski definition) is 2. The van der Waals surface area contributed by atoms with Gasteiger partial charge in [0.1, 0.15) is 12.6 Å². The Morgan fingerprint density at radius 3 is 2.41 bits per heavy atom. The summed E-state index contributed by atoms with van der Waals surface area (Å²) in [5, 5.41) is 1.98. The number of halogens is 3. The Kier molecular flexibility index (Phi) is 6.33. The molecule has 1 atom stereocenters. The van der Waals surface area contributed by atoms with Gasteiger partial charge in [-0.1, -0.05) is 0 Å². The topological polar surface area (TPSA) is 90.6 Å². The maximum Gasteiger partial charge on any atom is 0.407 e. The first-order valence-electron chi connectivity index (χ1n) is 4.58. The maximum absolute atomic E-state index is 11.7. The van der Waals surface area contributed by atoms with Gasteiger partial charge in [0, 0.05) is 6.54 Å². The average molecular weight is 258 g/mol. The molecule has 0 fully saturated rings. The zero-order valence-corrected chi connectivity index (χ0v) is 9.04. The SMILES string of the molecule is COC(=O)[C@H](CN)NC(=O)OCCC(F)(F)F. The van der Waals surface area contributed by atoms with E-state index in [1.54, 1.807) is 0 Å². The maximum atomic E-state index is 11.7. The standard InChI is InChI=1S/C8H13F3N2O4/c1-16-6(14)5(4-12)13-7(15)17-3-2-8(9,10)11/h5H,2-4,12H2,1H3,(H,13,15)/t5-/m0/s1. The largest absolute Gasteiger partial charge is 0.467 e. The number of nitrogens with two attached hydrogens (primary N) is 1. The van der Waals surface area contributed by atoms with Gasteiger partial charge in [-0.15, -0.1) is 0 Å². The number of alkyl halides is 3. The summed E-state index contributed by atoms with van der Waals surface area (Å²) >= 11 is 0. The lowest BCUT2D eigenvalue weighted by molar-refractivity contribution is -0.144. The van der Waals surface area contributed by atoms with E-state index in [9.17, 15) is 22.8 Å². The summed E-state index contributed by atoms with van der Waals surface area (Å²) in [6.07, 6.45) is -6.82. The smallest absolute Gasteiger partial charge is 0.407 e. The molecular weight excluding hydrogens is 245 g/mol. The van der Waals surface area contributed by atoms with Crippen LogP contribution in [0.15, 0.2) is 0 Å². The lowest BCUT2D eigenvalue weighted by Gasteiger charge is -2.14. The van der Waals surface area contributed by atoms with E-state index < -0.39 is 37.3 Å². The molecule has 0 heterocycles. The number of nitrogens with one attached hydrogen (secondary N) is 1. The van der Waals surface area contributed by atoms with Gasteiger partial charge in [-0.2, -0.15) is 13.2 Å². The molecule has 0 radical (unpaired) electrons. The van der Waals surface area contributed by atoms with Crippen molar-refractivity contribution in [1.29, 1.82) is 0 Å². The van der Waals surface area contributed by atoms with Crippen LogP contribution in [0.1, 0.15) is 6.42 Å². The predicted octanol–water partition coefficient (Wildman–Crippen LogP) is 0.165. The number of esters is 1. The highest BCUT2D eigenvalue weighted by molar-refractivity contribution is 5.81. The number of ether oxygens (including phenoxy) is 2. The highest BCUT2D eigenvalue weighted by atomic mass is 19.4. The number of methoxy groups -OCH3 is 1. The Balaban J connectivity index is 3.96. The Hall–Kier alpha value is -1.51. The molecule has 0 unspecified atom stereocenters. The third-order valence-electron chi connectivity index (χ3n) is 1.63. The minimum atomic E-state index is -4.41. The first kappa shape index (κ1) is 15.5. The van der Waals surface area contributed by atoms with Gasteiger partial charge in [-0.25, -0.2) is 9.59 Å². The van der Waals surface area contributed by atoms with E-state index in [1.165, 1.54) is 0 Å². The molecule has 100 valence electrons. The summed E-state index contributed by atoms with van der Waals surface area (Å²) in [5.41, 5.74) is 5.14. The van der Waals surface area contributed by atoms with Crippen LogP contribution in [0.5, 0.6) is 0 Å². The minimum absolute atomic E-state index is 0.249. The molecule has 1 amide bonds. The van der Waals surface area contributed by atoms with Crippen molar-refractivity contribution in [3.05, 3.63) is 0 Å². The fourth-order valence-electron chi connectivity index (χ4n) is 0.800. The van der Waals surface area contributed by atoms with Gasteiger partial charge in [0.15, 0.2) is 0 Å². The van der Waals surface area contributed by atoms with Crippen LogP contribution in [0, 0.1) is 0 Å². The van der Waals surface area contributed by atoms with Crippen molar-refractivity contribution in [3.8, 4) is 0 Å². The Labute approximate surface area is 95.2 Å². The van der Waals surface area contributed by atoms with Crippen molar-refractivity contribution in [3.63, 3.8) is 0 Å². The fraction of sp³-hybridized carbons (Fsp3) is 0.750. The first-order valence-corrected chi connectivity index (χ1v) is 4.58.